The van der Waals surface area contributed by atoms with Gasteiger partial charge in [0.25, 0.3) is 0 Å². The molecule has 2 aromatic heterocycles. The molecule has 4 heteroatoms. The number of benzene rings is 1. The van der Waals surface area contributed by atoms with Crippen LogP contribution < -0.4 is 0 Å². The fourth-order valence-corrected chi connectivity index (χ4v) is 3.16. The third-order valence-corrected chi connectivity index (χ3v) is 4.59. The van der Waals surface area contributed by atoms with Crippen molar-refractivity contribution in [1.29, 1.82) is 0 Å². The van der Waals surface area contributed by atoms with E-state index in [0.717, 1.165) is 16.3 Å². The zero-order valence-electron chi connectivity index (χ0n) is 12.1. The van der Waals surface area contributed by atoms with Crippen molar-refractivity contribution in [3.63, 3.8) is 0 Å². The number of aliphatic hydroxyl groups is 1. The van der Waals surface area contributed by atoms with Gasteiger partial charge in [-0.2, -0.15) is 0 Å². The van der Waals surface area contributed by atoms with Crippen LogP contribution in [0.15, 0.2) is 54.2 Å². The number of imidazole rings is 1. The molecule has 3 aromatic rings. The van der Waals surface area contributed by atoms with Gasteiger partial charge >= 0.3 is 0 Å². The first-order chi connectivity index (χ1) is 10.2. The van der Waals surface area contributed by atoms with E-state index in [1.807, 2.05) is 60.3 Å². The Morgan fingerprint density at radius 1 is 1.19 bits per heavy atom. The maximum atomic E-state index is 10.6. The van der Waals surface area contributed by atoms with Gasteiger partial charge in [-0.3, -0.25) is 0 Å². The first-order valence-corrected chi connectivity index (χ1v) is 7.86. The summed E-state index contributed by atoms with van der Waals surface area (Å²) in [6, 6.07) is 12.0. The molecule has 0 fully saturated rings. The Balaban J connectivity index is 1.90. The Hall–Kier alpha value is -1.91. The zero-order chi connectivity index (χ0) is 14.8. The van der Waals surface area contributed by atoms with Gasteiger partial charge in [0, 0.05) is 12.4 Å². The quantitative estimate of drug-likeness (QED) is 0.783. The molecule has 0 spiro atoms. The number of rotatable bonds is 4. The molecule has 1 aromatic carbocycles. The molecule has 2 heterocycles. The smallest absolute Gasteiger partial charge is 0.150 e. The van der Waals surface area contributed by atoms with Crippen molar-refractivity contribution in [3.8, 4) is 10.7 Å². The molecule has 2 unspecified atom stereocenters. The number of hydrogen-bond acceptors (Lipinski definition) is 3. The summed E-state index contributed by atoms with van der Waals surface area (Å²) in [7, 11) is 0. The molecule has 0 aliphatic heterocycles. The van der Waals surface area contributed by atoms with Crippen LogP contribution in [0.3, 0.4) is 0 Å². The number of nitrogens with zero attached hydrogens (tertiary/aromatic N) is 2. The summed E-state index contributed by atoms with van der Waals surface area (Å²) >= 11 is 1.66. The van der Waals surface area contributed by atoms with Crippen LogP contribution in [0.2, 0.25) is 0 Å². The highest BCUT2D eigenvalue weighted by molar-refractivity contribution is 7.13. The second-order valence-electron chi connectivity index (χ2n) is 5.23. The van der Waals surface area contributed by atoms with Crippen LogP contribution in [-0.4, -0.2) is 14.7 Å². The first-order valence-electron chi connectivity index (χ1n) is 6.98. The summed E-state index contributed by atoms with van der Waals surface area (Å²) in [6.07, 6.45) is 3.16. The van der Waals surface area contributed by atoms with Crippen LogP contribution in [0.4, 0.5) is 0 Å². The Morgan fingerprint density at radius 2 is 1.95 bits per heavy atom. The highest BCUT2D eigenvalue weighted by Crippen LogP contribution is 2.31. The normalized spacial score (nSPS) is 14.0. The van der Waals surface area contributed by atoms with Crippen molar-refractivity contribution >= 4 is 11.3 Å². The standard InChI is InChI=1S/C17H18N2OS/c1-12-5-7-14(8-6-12)16(20)13(2)19-10-9-18-17(19)15-4-3-11-21-15/h3-11,13,16,20H,1-2H3. The summed E-state index contributed by atoms with van der Waals surface area (Å²) in [5, 5.41) is 12.7. The van der Waals surface area contributed by atoms with E-state index in [2.05, 4.69) is 11.1 Å². The number of aryl methyl sites for hydroxylation is 1. The predicted octanol–water partition coefficient (Wildman–Crippen LogP) is 4.21. The summed E-state index contributed by atoms with van der Waals surface area (Å²) in [5.41, 5.74) is 2.12. The molecule has 0 radical (unpaired) electrons. The van der Waals surface area contributed by atoms with Gasteiger partial charge in [-0.15, -0.1) is 11.3 Å². The second-order valence-corrected chi connectivity index (χ2v) is 6.18. The van der Waals surface area contributed by atoms with Crippen LogP contribution >= 0.6 is 11.3 Å². The van der Waals surface area contributed by atoms with Crippen LogP contribution in [0.5, 0.6) is 0 Å². The lowest BCUT2D eigenvalue weighted by atomic mass is 10.0. The number of aromatic nitrogens is 2. The Bertz CT molecular complexity index is 701. The van der Waals surface area contributed by atoms with Gasteiger partial charge in [0.1, 0.15) is 5.82 Å². The lowest BCUT2D eigenvalue weighted by Crippen LogP contribution is -2.15. The van der Waals surface area contributed by atoms with E-state index in [-0.39, 0.29) is 6.04 Å². The first kappa shape index (κ1) is 14.0. The van der Waals surface area contributed by atoms with E-state index in [9.17, 15) is 5.11 Å². The fraction of sp³-hybridized carbons (Fsp3) is 0.235. The topological polar surface area (TPSA) is 38.0 Å². The SMILES string of the molecule is Cc1ccc(C(O)C(C)n2ccnc2-c2cccs2)cc1. The van der Waals surface area contributed by atoms with Crippen molar-refractivity contribution in [1.82, 2.24) is 9.55 Å². The highest BCUT2D eigenvalue weighted by atomic mass is 32.1. The van der Waals surface area contributed by atoms with Crippen LogP contribution in [0.1, 0.15) is 30.2 Å². The molecule has 3 rings (SSSR count). The maximum absolute atomic E-state index is 10.6. The van der Waals surface area contributed by atoms with Crippen molar-refractivity contribution in [3.05, 3.63) is 65.3 Å². The molecule has 2 atom stereocenters. The third kappa shape index (κ3) is 2.77. The lowest BCUT2D eigenvalue weighted by molar-refractivity contribution is 0.122. The third-order valence-electron chi connectivity index (χ3n) is 3.72. The van der Waals surface area contributed by atoms with E-state index >= 15 is 0 Å². The van der Waals surface area contributed by atoms with Gasteiger partial charge in [-0.05, 0) is 30.9 Å². The van der Waals surface area contributed by atoms with Gasteiger partial charge < -0.3 is 9.67 Å². The zero-order valence-corrected chi connectivity index (χ0v) is 12.9. The summed E-state index contributed by atoms with van der Waals surface area (Å²) in [4.78, 5) is 5.55. The average Bonchev–Trinajstić information content (AvgIpc) is 3.17. The van der Waals surface area contributed by atoms with E-state index < -0.39 is 6.10 Å². The maximum Gasteiger partial charge on any atom is 0.150 e. The molecule has 0 aliphatic carbocycles. The van der Waals surface area contributed by atoms with Crippen molar-refractivity contribution in [2.75, 3.05) is 0 Å². The molecular formula is C17H18N2OS. The van der Waals surface area contributed by atoms with E-state index in [1.54, 1.807) is 17.5 Å². The van der Waals surface area contributed by atoms with Gasteiger partial charge in [-0.1, -0.05) is 35.9 Å². The summed E-state index contributed by atoms with van der Waals surface area (Å²) in [6.45, 7) is 4.06. The van der Waals surface area contributed by atoms with Crippen molar-refractivity contribution in [2.24, 2.45) is 0 Å². The number of hydrogen-bond donors (Lipinski definition) is 1. The minimum Gasteiger partial charge on any atom is -0.386 e. The molecule has 0 bridgehead atoms. The number of thiophene rings is 1. The molecule has 108 valence electrons. The van der Waals surface area contributed by atoms with Gasteiger partial charge in [0.15, 0.2) is 0 Å². The van der Waals surface area contributed by atoms with E-state index in [1.165, 1.54) is 5.56 Å². The van der Waals surface area contributed by atoms with Crippen molar-refractivity contribution in [2.45, 2.75) is 26.0 Å². The summed E-state index contributed by atoms with van der Waals surface area (Å²) < 4.78 is 2.04. The van der Waals surface area contributed by atoms with Gasteiger partial charge in [0.05, 0.1) is 17.0 Å². The Labute approximate surface area is 128 Å². The van der Waals surface area contributed by atoms with Gasteiger partial charge in [0.2, 0.25) is 0 Å². The van der Waals surface area contributed by atoms with Crippen LogP contribution in [0, 0.1) is 6.92 Å². The number of aliphatic hydroxyl groups excluding tert-OH is 1. The Kier molecular flexibility index (Phi) is 3.90. The van der Waals surface area contributed by atoms with E-state index in [0.29, 0.717) is 0 Å². The minimum atomic E-state index is -0.557. The molecule has 21 heavy (non-hydrogen) atoms. The molecular weight excluding hydrogens is 280 g/mol. The second kappa shape index (κ2) is 5.84. The molecule has 0 saturated carbocycles. The molecule has 0 saturated heterocycles. The summed E-state index contributed by atoms with van der Waals surface area (Å²) in [5.74, 6) is 0.906. The largest absolute Gasteiger partial charge is 0.386 e. The monoisotopic (exact) mass is 298 g/mol. The van der Waals surface area contributed by atoms with Crippen molar-refractivity contribution < 1.29 is 5.11 Å². The molecule has 1 N–H and O–H groups in total. The molecule has 0 amide bonds. The molecule has 3 nitrogen and oxygen atoms in total. The lowest BCUT2D eigenvalue weighted by Gasteiger charge is -2.22. The average molecular weight is 298 g/mol. The van der Waals surface area contributed by atoms with E-state index in [4.69, 9.17) is 0 Å². The van der Waals surface area contributed by atoms with Crippen LogP contribution in [-0.2, 0) is 0 Å². The highest BCUT2D eigenvalue weighted by Gasteiger charge is 2.21. The van der Waals surface area contributed by atoms with Crippen LogP contribution in [0.25, 0.3) is 10.7 Å². The van der Waals surface area contributed by atoms with Gasteiger partial charge in [-0.25, -0.2) is 4.98 Å². The predicted molar refractivity (Wildman–Crippen MR) is 86.4 cm³/mol. The Morgan fingerprint density at radius 3 is 2.62 bits per heavy atom. The molecule has 0 aliphatic rings. The minimum absolute atomic E-state index is 0.0766. The fourth-order valence-electron chi connectivity index (χ4n) is 2.43.